The van der Waals surface area contributed by atoms with Gasteiger partial charge in [-0.25, -0.2) is 9.59 Å². The van der Waals surface area contributed by atoms with Gasteiger partial charge in [0.15, 0.2) is 0 Å². The van der Waals surface area contributed by atoms with E-state index in [2.05, 4.69) is 16.0 Å². The molecular weight excluding hydrogens is 424 g/mol. The molecule has 31 heavy (non-hydrogen) atoms. The van der Waals surface area contributed by atoms with Gasteiger partial charge >= 0.3 is 12.0 Å². The number of rotatable bonds is 12. The summed E-state index contributed by atoms with van der Waals surface area (Å²) in [5, 5.41) is 9.77. The summed E-state index contributed by atoms with van der Waals surface area (Å²) in [6, 6.07) is 0.367. The molecule has 3 heterocycles. The molecule has 10 nitrogen and oxygen atoms in total. The zero-order valence-electron chi connectivity index (χ0n) is 17.5. The number of hydroxylamine groups is 2. The highest BCUT2D eigenvalue weighted by Crippen LogP contribution is 2.33. The first kappa shape index (κ1) is 23.4. The number of hydrogen-bond donors (Lipinski definition) is 3. The number of nitrogens with one attached hydrogen (secondary N) is 3. The lowest BCUT2D eigenvalue weighted by Crippen LogP contribution is -2.36. The zero-order chi connectivity index (χ0) is 22.2. The summed E-state index contributed by atoms with van der Waals surface area (Å²) in [4.78, 5) is 62.6. The van der Waals surface area contributed by atoms with Gasteiger partial charge in [-0.05, 0) is 25.7 Å². The lowest BCUT2D eigenvalue weighted by molar-refractivity contribution is -0.197. The van der Waals surface area contributed by atoms with E-state index in [9.17, 15) is 24.0 Å². The van der Waals surface area contributed by atoms with Gasteiger partial charge in [0.25, 0.3) is 11.8 Å². The summed E-state index contributed by atoms with van der Waals surface area (Å²) in [6.45, 7) is 0.552. The molecule has 0 saturated carbocycles. The van der Waals surface area contributed by atoms with E-state index in [1.807, 2.05) is 11.8 Å². The molecule has 0 aromatic carbocycles. The second-order valence-corrected chi connectivity index (χ2v) is 9.35. The minimum Gasteiger partial charge on any atom is -0.356 e. The number of carbonyl (C=O) groups excluding carboxylic acids is 5. The van der Waals surface area contributed by atoms with Gasteiger partial charge < -0.3 is 20.8 Å². The van der Waals surface area contributed by atoms with Crippen LogP contribution in [-0.4, -0.2) is 64.4 Å². The lowest BCUT2D eigenvalue weighted by atomic mass is 10.0. The van der Waals surface area contributed by atoms with Crippen LogP contribution in [-0.2, 0) is 24.0 Å². The molecule has 172 valence electrons. The largest absolute Gasteiger partial charge is 0.356 e. The van der Waals surface area contributed by atoms with Crippen molar-refractivity contribution in [1.29, 1.82) is 0 Å². The van der Waals surface area contributed by atoms with E-state index in [-0.39, 0.29) is 43.3 Å². The Kier molecular flexibility index (Phi) is 8.56. The molecule has 0 aromatic rings. The van der Waals surface area contributed by atoms with Crippen LogP contribution in [0.2, 0.25) is 0 Å². The molecule has 0 unspecified atom stereocenters. The van der Waals surface area contributed by atoms with Crippen molar-refractivity contribution in [2.24, 2.45) is 0 Å². The average molecular weight is 455 g/mol. The smallest absolute Gasteiger partial charge is 0.333 e. The Bertz CT molecular complexity index is 702. The molecule has 5 amide bonds. The topological polar surface area (TPSA) is 134 Å². The van der Waals surface area contributed by atoms with Crippen LogP contribution in [0.5, 0.6) is 0 Å². The minimum absolute atomic E-state index is 0.0262. The summed E-state index contributed by atoms with van der Waals surface area (Å²) in [5.74, 6) is -0.574. The lowest BCUT2D eigenvalue weighted by Gasteiger charge is -2.16. The van der Waals surface area contributed by atoms with Crippen LogP contribution in [0.1, 0.15) is 64.2 Å². The molecule has 3 rings (SSSR count). The molecule has 3 N–H and O–H groups in total. The van der Waals surface area contributed by atoms with Crippen LogP contribution >= 0.6 is 11.8 Å². The number of amides is 5. The van der Waals surface area contributed by atoms with Crippen LogP contribution in [0, 0.1) is 0 Å². The molecule has 0 aromatic heterocycles. The van der Waals surface area contributed by atoms with Crippen molar-refractivity contribution in [2.45, 2.75) is 81.5 Å². The van der Waals surface area contributed by atoms with Gasteiger partial charge in [-0.1, -0.05) is 12.8 Å². The Morgan fingerprint density at radius 1 is 1.00 bits per heavy atom. The highest BCUT2D eigenvalue weighted by atomic mass is 32.2. The van der Waals surface area contributed by atoms with Gasteiger partial charge in [-0.2, -0.15) is 11.8 Å². The van der Waals surface area contributed by atoms with Crippen LogP contribution in [0.15, 0.2) is 0 Å². The van der Waals surface area contributed by atoms with E-state index in [0.717, 1.165) is 37.9 Å². The highest BCUT2D eigenvalue weighted by molar-refractivity contribution is 8.00. The van der Waals surface area contributed by atoms with E-state index in [0.29, 0.717) is 29.7 Å². The van der Waals surface area contributed by atoms with E-state index in [1.165, 1.54) is 0 Å². The van der Waals surface area contributed by atoms with Crippen LogP contribution in [0.4, 0.5) is 4.79 Å². The quantitative estimate of drug-likeness (QED) is 0.227. The molecule has 11 heteroatoms. The molecule has 0 radical (unpaired) electrons. The van der Waals surface area contributed by atoms with Crippen molar-refractivity contribution >= 4 is 41.5 Å². The zero-order valence-corrected chi connectivity index (χ0v) is 18.3. The van der Waals surface area contributed by atoms with E-state index in [1.54, 1.807) is 0 Å². The van der Waals surface area contributed by atoms with Crippen LogP contribution in [0.3, 0.4) is 0 Å². The van der Waals surface area contributed by atoms with E-state index < -0.39 is 17.8 Å². The Morgan fingerprint density at radius 3 is 2.52 bits per heavy atom. The fraction of sp³-hybridized carbons (Fsp3) is 0.750. The van der Waals surface area contributed by atoms with Crippen molar-refractivity contribution in [2.75, 3.05) is 12.3 Å². The van der Waals surface area contributed by atoms with Crippen LogP contribution < -0.4 is 16.0 Å². The van der Waals surface area contributed by atoms with Gasteiger partial charge in [-0.15, -0.1) is 5.06 Å². The molecular formula is C20H30N4O6S. The molecule has 0 aliphatic carbocycles. The number of imide groups is 1. The molecule has 3 atom stereocenters. The van der Waals surface area contributed by atoms with Gasteiger partial charge in [0, 0.05) is 43.2 Å². The maximum absolute atomic E-state index is 11.9. The summed E-state index contributed by atoms with van der Waals surface area (Å²) >= 11 is 1.88. The summed E-state index contributed by atoms with van der Waals surface area (Å²) in [6.07, 6.45) is 5.60. The number of nitrogens with zero attached hydrogens (tertiary/aromatic N) is 1. The first-order chi connectivity index (χ1) is 14.9. The molecule has 3 aliphatic rings. The first-order valence-electron chi connectivity index (χ1n) is 11.0. The predicted molar refractivity (Wildman–Crippen MR) is 113 cm³/mol. The molecule has 3 saturated heterocycles. The van der Waals surface area contributed by atoms with Gasteiger partial charge in [-0.3, -0.25) is 14.4 Å². The van der Waals surface area contributed by atoms with E-state index in [4.69, 9.17) is 4.84 Å². The third-order valence-electron chi connectivity index (χ3n) is 5.66. The Balaban J connectivity index is 1.15. The Morgan fingerprint density at radius 2 is 1.74 bits per heavy atom. The van der Waals surface area contributed by atoms with E-state index >= 15 is 0 Å². The maximum atomic E-state index is 11.9. The number of fused-ring (bicyclic) bond motifs is 1. The second kappa shape index (κ2) is 11.4. The van der Waals surface area contributed by atoms with Gasteiger partial charge in [0.1, 0.15) is 0 Å². The normalized spacial score (nSPS) is 24.7. The Labute approximate surface area is 185 Å². The molecule has 0 bridgehead atoms. The molecule has 3 aliphatic heterocycles. The summed E-state index contributed by atoms with van der Waals surface area (Å²) in [7, 11) is 0. The average Bonchev–Trinajstić information content (AvgIpc) is 3.38. The maximum Gasteiger partial charge on any atom is 0.333 e. The summed E-state index contributed by atoms with van der Waals surface area (Å²) < 4.78 is 0. The first-order valence-corrected chi connectivity index (χ1v) is 12.0. The summed E-state index contributed by atoms with van der Waals surface area (Å²) in [5.41, 5.74) is 0. The SMILES string of the molecule is O=C(CCCC[C@H]1SC[C@@H]2NC(=O)N[C@H]21)NCCCCCC(=O)ON1C(=O)CCC1=O. The standard InChI is InChI=1S/C20H30N4O6S/c25-15(7-4-3-6-14-19-13(12-31-14)22-20(29)23-19)21-11-5-1-2-8-18(28)30-24-16(26)9-10-17(24)27/h13-14,19H,1-12H2,(H,21,25)(H2,22,23,29)/t13-,14+,19+/m0/s1. The monoisotopic (exact) mass is 454 g/mol. The minimum atomic E-state index is -0.590. The molecule has 0 spiro atoms. The second-order valence-electron chi connectivity index (χ2n) is 8.07. The Hall–Kier alpha value is -2.30. The van der Waals surface area contributed by atoms with Crippen molar-refractivity contribution in [3.8, 4) is 0 Å². The van der Waals surface area contributed by atoms with Crippen molar-refractivity contribution in [1.82, 2.24) is 21.0 Å². The van der Waals surface area contributed by atoms with Crippen LogP contribution in [0.25, 0.3) is 0 Å². The number of unbranched alkanes of at least 4 members (excludes halogenated alkanes) is 3. The number of thioether (sulfide) groups is 1. The predicted octanol–water partition coefficient (Wildman–Crippen LogP) is 0.996. The number of urea groups is 1. The number of hydrogen-bond acceptors (Lipinski definition) is 7. The van der Waals surface area contributed by atoms with Crippen molar-refractivity contribution in [3.05, 3.63) is 0 Å². The number of carbonyl (C=O) groups is 5. The molecule has 3 fully saturated rings. The van der Waals surface area contributed by atoms with Gasteiger partial charge in [0.05, 0.1) is 12.1 Å². The highest BCUT2D eigenvalue weighted by Gasteiger charge is 2.42. The van der Waals surface area contributed by atoms with Gasteiger partial charge in [0.2, 0.25) is 5.91 Å². The third kappa shape index (κ3) is 6.84. The fourth-order valence-corrected chi connectivity index (χ4v) is 5.51. The third-order valence-corrected chi connectivity index (χ3v) is 7.17. The van der Waals surface area contributed by atoms with Crippen molar-refractivity contribution < 1.29 is 28.8 Å². The van der Waals surface area contributed by atoms with Crippen molar-refractivity contribution in [3.63, 3.8) is 0 Å². The fourth-order valence-electron chi connectivity index (χ4n) is 3.97.